The number of esters is 1. The maximum atomic E-state index is 11.2. The Kier molecular flexibility index (Phi) is 6.73. The van der Waals surface area contributed by atoms with Crippen molar-refractivity contribution < 1.29 is 18.7 Å². The Balaban J connectivity index is 2.46. The van der Waals surface area contributed by atoms with Crippen LogP contribution in [0.5, 0.6) is 0 Å². The van der Waals surface area contributed by atoms with Gasteiger partial charge in [-0.3, -0.25) is 9.36 Å². The van der Waals surface area contributed by atoms with Gasteiger partial charge in [0.25, 0.3) is 5.68 Å². The molecule has 1 aromatic heterocycles. The molecule has 6 nitrogen and oxygen atoms in total. The van der Waals surface area contributed by atoms with Crippen LogP contribution in [0.15, 0.2) is 21.9 Å². The first-order valence-corrected chi connectivity index (χ1v) is 10.5. The van der Waals surface area contributed by atoms with E-state index in [1.165, 1.54) is 6.26 Å². The summed E-state index contributed by atoms with van der Waals surface area (Å²) in [5.41, 5.74) is 0.367. The highest BCUT2D eigenvalue weighted by atomic mass is 28.3. The summed E-state index contributed by atoms with van der Waals surface area (Å²) in [5.74, 6) is -0.366. The minimum atomic E-state index is -1.07. The Morgan fingerprint density at radius 1 is 1.45 bits per heavy atom. The van der Waals surface area contributed by atoms with Crippen molar-refractivity contribution in [3.05, 3.63) is 18.1 Å². The lowest BCUT2D eigenvalue weighted by Crippen LogP contribution is -2.24. The number of hydrogen-bond acceptors (Lipinski definition) is 5. The van der Waals surface area contributed by atoms with E-state index in [2.05, 4.69) is 24.6 Å². The summed E-state index contributed by atoms with van der Waals surface area (Å²) in [5, 5.41) is 0. The lowest BCUT2D eigenvalue weighted by atomic mass is 10.7. The minimum Gasteiger partial charge on any atom is -0.465 e. The smallest absolute Gasteiger partial charge is 0.327 e. The predicted octanol–water partition coefficient (Wildman–Crippen LogP) is 1.86. The fraction of sp³-hybridized carbons (Fsp3) is 0.692. The van der Waals surface area contributed by atoms with Gasteiger partial charge >= 0.3 is 5.97 Å². The molecule has 0 amide bonds. The highest BCUT2D eigenvalue weighted by Crippen LogP contribution is 2.07. The van der Waals surface area contributed by atoms with Gasteiger partial charge in [-0.25, -0.2) is 4.99 Å². The van der Waals surface area contributed by atoms with E-state index in [0.717, 1.165) is 12.7 Å². The standard InChI is InChI=1S/C13H24N2O4Si/c1-5-18-12(16)10-14-13-15(6-7-19-13)11-17-8-9-20(2,3)4/h6-7H,5,8-11H2,1-4H3/b14-13-. The summed E-state index contributed by atoms with van der Waals surface area (Å²) in [6.45, 7) is 10.1. The fourth-order valence-electron chi connectivity index (χ4n) is 1.40. The average molecular weight is 300 g/mol. The maximum Gasteiger partial charge on any atom is 0.327 e. The molecule has 20 heavy (non-hydrogen) atoms. The number of aromatic nitrogens is 1. The largest absolute Gasteiger partial charge is 0.465 e. The summed E-state index contributed by atoms with van der Waals surface area (Å²) in [6.07, 6.45) is 3.25. The summed E-state index contributed by atoms with van der Waals surface area (Å²) in [6, 6.07) is 1.11. The van der Waals surface area contributed by atoms with Gasteiger partial charge in [-0.1, -0.05) is 19.6 Å². The Bertz CT molecular complexity index is 473. The van der Waals surface area contributed by atoms with Crippen LogP contribution in [0, 0.1) is 0 Å². The number of rotatable bonds is 8. The van der Waals surface area contributed by atoms with Gasteiger partial charge in [0.2, 0.25) is 0 Å². The van der Waals surface area contributed by atoms with Crippen molar-refractivity contribution in [2.24, 2.45) is 4.99 Å². The molecule has 114 valence electrons. The quantitative estimate of drug-likeness (QED) is 0.417. The molecule has 0 aromatic carbocycles. The van der Waals surface area contributed by atoms with E-state index in [1.807, 2.05) is 0 Å². The van der Waals surface area contributed by atoms with E-state index in [-0.39, 0.29) is 12.5 Å². The van der Waals surface area contributed by atoms with Gasteiger partial charge in [0, 0.05) is 20.9 Å². The summed E-state index contributed by atoms with van der Waals surface area (Å²) < 4.78 is 17.4. The second-order valence-corrected chi connectivity index (χ2v) is 11.2. The fourth-order valence-corrected chi connectivity index (χ4v) is 2.16. The van der Waals surface area contributed by atoms with E-state index in [0.29, 0.717) is 19.0 Å². The number of carbonyl (C=O) groups excluding carboxylic acids is 1. The van der Waals surface area contributed by atoms with E-state index in [1.54, 1.807) is 17.7 Å². The molecule has 0 N–H and O–H groups in total. The molecule has 0 spiro atoms. The van der Waals surface area contributed by atoms with Crippen LogP contribution < -0.4 is 5.68 Å². The molecule has 0 saturated carbocycles. The lowest BCUT2D eigenvalue weighted by molar-refractivity contribution is -0.141. The molecule has 0 aliphatic carbocycles. The molecule has 0 fully saturated rings. The Labute approximate surface area is 120 Å². The van der Waals surface area contributed by atoms with Crippen LogP contribution in [0.3, 0.4) is 0 Å². The Morgan fingerprint density at radius 2 is 2.20 bits per heavy atom. The van der Waals surface area contributed by atoms with Crippen LogP contribution in [-0.4, -0.2) is 38.4 Å². The molecular formula is C13H24N2O4Si. The van der Waals surface area contributed by atoms with Crippen molar-refractivity contribution in [1.29, 1.82) is 0 Å². The van der Waals surface area contributed by atoms with Crippen LogP contribution in [0.4, 0.5) is 0 Å². The minimum absolute atomic E-state index is 0.0454. The predicted molar refractivity (Wildman–Crippen MR) is 77.9 cm³/mol. The summed E-state index contributed by atoms with van der Waals surface area (Å²) in [7, 11) is -1.07. The highest BCUT2D eigenvalue weighted by molar-refractivity contribution is 6.76. The number of hydrogen-bond donors (Lipinski definition) is 0. The molecule has 1 heterocycles. The summed E-state index contributed by atoms with van der Waals surface area (Å²) >= 11 is 0. The van der Waals surface area contributed by atoms with E-state index in [9.17, 15) is 4.79 Å². The second kappa shape index (κ2) is 8.06. The molecule has 0 radical (unpaired) electrons. The normalized spacial score (nSPS) is 12.7. The third-order valence-electron chi connectivity index (χ3n) is 2.54. The zero-order chi connectivity index (χ0) is 15.0. The molecule has 1 aromatic rings. The number of ether oxygens (including phenoxy) is 2. The maximum absolute atomic E-state index is 11.2. The van der Waals surface area contributed by atoms with Gasteiger partial charge < -0.3 is 13.9 Å². The lowest BCUT2D eigenvalue weighted by Gasteiger charge is -2.15. The van der Waals surface area contributed by atoms with Crippen LogP contribution in [0.25, 0.3) is 0 Å². The molecule has 7 heteroatoms. The topological polar surface area (TPSA) is 66.0 Å². The summed E-state index contributed by atoms with van der Waals surface area (Å²) in [4.78, 5) is 15.3. The molecule has 0 saturated heterocycles. The zero-order valence-electron chi connectivity index (χ0n) is 12.7. The molecule has 0 aliphatic rings. The van der Waals surface area contributed by atoms with Crippen molar-refractivity contribution in [3.8, 4) is 0 Å². The molecule has 1 rings (SSSR count). The van der Waals surface area contributed by atoms with Crippen molar-refractivity contribution in [1.82, 2.24) is 4.57 Å². The Hall–Kier alpha value is -1.34. The first kappa shape index (κ1) is 16.7. The first-order chi connectivity index (χ1) is 9.42. The SMILES string of the molecule is CCOC(=O)C/N=c1\occn1COCC[Si](C)(C)C. The molecular weight excluding hydrogens is 276 g/mol. The van der Waals surface area contributed by atoms with Crippen LogP contribution in [0.1, 0.15) is 6.92 Å². The highest BCUT2D eigenvalue weighted by Gasteiger charge is 2.12. The van der Waals surface area contributed by atoms with Gasteiger partial charge in [0.05, 0.1) is 6.61 Å². The average Bonchev–Trinajstić information content (AvgIpc) is 2.79. The van der Waals surface area contributed by atoms with Crippen LogP contribution in [-0.2, 0) is 21.0 Å². The van der Waals surface area contributed by atoms with Crippen molar-refractivity contribution in [2.45, 2.75) is 39.3 Å². The van der Waals surface area contributed by atoms with E-state index in [4.69, 9.17) is 13.9 Å². The van der Waals surface area contributed by atoms with Gasteiger partial charge in [-0.05, 0) is 13.0 Å². The van der Waals surface area contributed by atoms with Gasteiger partial charge in [0.15, 0.2) is 0 Å². The van der Waals surface area contributed by atoms with E-state index >= 15 is 0 Å². The van der Waals surface area contributed by atoms with Gasteiger partial charge in [-0.2, -0.15) is 0 Å². The zero-order valence-corrected chi connectivity index (χ0v) is 13.7. The number of oxazole rings is 1. The van der Waals surface area contributed by atoms with Gasteiger partial charge in [-0.15, -0.1) is 0 Å². The Morgan fingerprint density at radius 3 is 2.85 bits per heavy atom. The number of carbonyl (C=O) groups is 1. The van der Waals surface area contributed by atoms with Crippen molar-refractivity contribution in [2.75, 3.05) is 19.8 Å². The monoisotopic (exact) mass is 300 g/mol. The van der Waals surface area contributed by atoms with E-state index < -0.39 is 8.07 Å². The molecule has 0 bridgehead atoms. The van der Waals surface area contributed by atoms with Crippen LogP contribution >= 0.6 is 0 Å². The first-order valence-electron chi connectivity index (χ1n) is 6.80. The van der Waals surface area contributed by atoms with Gasteiger partial charge in [0.1, 0.15) is 19.5 Å². The van der Waals surface area contributed by atoms with Crippen molar-refractivity contribution in [3.63, 3.8) is 0 Å². The number of nitrogens with zero attached hydrogens (tertiary/aromatic N) is 2. The van der Waals surface area contributed by atoms with Crippen LogP contribution in [0.2, 0.25) is 25.7 Å². The third kappa shape index (κ3) is 6.72. The molecule has 0 atom stereocenters. The third-order valence-corrected chi connectivity index (χ3v) is 4.24. The van der Waals surface area contributed by atoms with Crippen molar-refractivity contribution >= 4 is 14.0 Å². The molecule has 0 aliphatic heterocycles. The second-order valence-electron chi connectivity index (χ2n) is 5.62. The molecule has 0 unspecified atom stereocenters.